The number of pyridine rings is 1. The molecule has 0 amide bonds. The van der Waals surface area contributed by atoms with Gasteiger partial charge in [-0.25, -0.2) is 4.98 Å². The predicted octanol–water partition coefficient (Wildman–Crippen LogP) is 4.30. The van der Waals surface area contributed by atoms with Crippen molar-refractivity contribution in [2.24, 2.45) is 0 Å². The molecule has 2 aromatic heterocycles. The standard InChI is InChI=1S/C31H32N6O3/c1-19-7-8-21-9-12-37(28(23(21)14-19)25-6-4-5-11-34-25)13-10-26(38)24-16-20(17-27(39-2)29(24)40-3)15-22-18-35-31(33)36-30(22)32/h4-8,10-11,13-14,16-18,28H,9,12,15H2,1-3H3,(H4,32,33,35,36)/b13-10+. The normalized spacial score (nSPS) is 14.7. The summed E-state index contributed by atoms with van der Waals surface area (Å²) in [5.74, 6) is 0.988. The monoisotopic (exact) mass is 536 g/mol. The minimum atomic E-state index is -0.215. The van der Waals surface area contributed by atoms with E-state index in [1.807, 2.05) is 30.5 Å². The van der Waals surface area contributed by atoms with Gasteiger partial charge in [0.25, 0.3) is 0 Å². The summed E-state index contributed by atoms with van der Waals surface area (Å²) < 4.78 is 11.2. The fourth-order valence-corrected chi connectivity index (χ4v) is 5.13. The van der Waals surface area contributed by atoms with E-state index in [1.54, 1.807) is 24.5 Å². The largest absolute Gasteiger partial charge is 0.493 e. The van der Waals surface area contributed by atoms with Crippen LogP contribution in [0.3, 0.4) is 0 Å². The smallest absolute Gasteiger partial charge is 0.221 e. The van der Waals surface area contributed by atoms with Crippen LogP contribution in [0.2, 0.25) is 0 Å². The van der Waals surface area contributed by atoms with Gasteiger partial charge < -0.3 is 25.8 Å². The molecule has 0 spiro atoms. The summed E-state index contributed by atoms with van der Waals surface area (Å²) in [7, 11) is 3.06. The van der Waals surface area contributed by atoms with Gasteiger partial charge in [-0.1, -0.05) is 29.8 Å². The van der Waals surface area contributed by atoms with Gasteiger partial charge in [0, 0.05) is 43.2 Å². The first-order valence-corrected chi connectivity index (χ1v) is 13.0. The lowest BCUT2D eigenvalue weighted by atomic mass is 9.89. The highest BCUT2D eigenvalue weighted by atomic mass is 16.5. The third-order valence-corrected chi connectivity index (χ3v) is 7.07. The number of methoxy groups -OCH3 is 2. The Morgan fingerprint density at radius 1 is 1.10 bits per heavy atom. The summed E-state index contributed by atoms with van der Waals surface area (Å²) in [4.78, 5) is 28.6. The fraction of sp³-hybridized carbons (Fsp3) is 0.226. The molecule has 1 aliphatic heterocycles. The molecule has 40 heavy (non-hydrogen) atoms. The Balaban J connectivity index is 1.49. The number of hydrogen-bond acceptors (Lipinski definition) is 9. The maximum Gasteiger partial charge on any atom is 0.221 e. The lowest BCUT2D eigenvalue weighted by Crippen LogP contribution is -2.33. The molecule has 9 nitrogen and oxygen atoms in total. The van der Waals surface area contributed by atoms with Crippen molar-refractivity contribution in [2.75, 3.05) is 32.2 Å². The van der Waals surface area contributed by atoms with Crippen molar-refractivity contribution >= 4 is 17.5 Å². The molecular formula is C31H32N6O3. The number of aromatic nitrogens is 3. The molecule has 0 bridgehead atoms. The number of nitrogens with zero attached hydrogens (tertiary/aromatic N) is 4. The van der Waals surface area contributed by atoms with Crippen LogP contribution in [-0.4, -0.2) is 46.4 Å². The lowest BCUT2D eigenvalue weighted by molar-refractivity contribution is 0.104. The SMILES string of the molecule is COc1cc(Cc2cnc(N)nc2N)cc(C(=O)/C=C/N2CCc3ccc(C)cc3C2c2ccccn2)c1OC. The average Bonchev–Trinajstić information content (AvgIpc) is 2.96. The molecule has 3 heterocycles. The molecule has 9 heteroatoms. The van der Waals surface area contributed by atoms with Crippen molar-refractivity contribution < 1.29 is 14.3 Å². The number of hydrogen-bond donors (Lipinski definition) is 2. The van der Waals surface area contributed by atoms with Gasteiger partial charge in [-0.2, -0.15) is 4.98 Å². The average molecular weight is 537 g/mol. The van der Waals surface area contributed by atoms with Crippen LogP contribution in [0.25, 0.3) is 0 Å². The number of ketones is 1. The van der Waals surface area contributed by atoms with Crippen LogP contribution in [0.5, 0.6) is 11.5 Å². The molecule has 0 aliphatic carbocycles. The Hall–Kier alpha value is -4.92. The van der Waals surface area contributed by atoms with Crippen molar-refractivity contribution in [3.8, 4) is 11.5 Å². The van der Waals surface area contributed by atoms with Crippen LogP contribution in [0, 0.1) is 6.92 Å². The molecule has 4 aromatic rings. The van der Waals surface area contributed by atoms with Crippen molar-refractivity contribution in [2.45, 2.75) is 25.8 Å². The molecule has 5 rings (SSSR count). The number of aryl methyl sites for hydroxylation is 1. The van der Waals surface area contributed by atoms with Gasteiger partial charge in [0.2, 0.25) is 5.95 Å². The Morgan fingerprint density at radius 2 is 1.95 bits per heavy atom. The Labute approximate surface area is 233 Å². The van der Waals surface area contributed by atoms with Crippen LogP contribution in [0.1, 0.15) is 49.9 Å². The second-order valence-electron chi connectivity index (χ2n) is 9.72. The summed E-state index contributed by atoms with van der Waals surface area (Å²) in [6.07, 6.45) is 8.09. The number of nitrogens with two attached hydrogens (primary N) is 2. The highest BCUT2D eigenvalue weighted by Crippen LogP contribution is 2.36. The molecule has 0 fully saturated rings. The number of benzene rings is 2. The maximum atomic E-state index is 13.7. The van der Waals surface area contributed by atoms with E-state index < -0.39 is 0 Å². The number of nitrogen functional groups attached to an aromatic ring is 2. The number of allylic oxidation sites excluding steroid dienone is 1. The van der Waals surface area contributed by atoms with Crippen LogP contribution < -0.4 is 20.9 Å². The van der Waals surface area contributed by atoms with E-state index in [1.165, 1.54) is 30.9 Å². The van der Waals surface area contributed by atoms with Gasteiger partial charge in [-0.15, -0.1) is 0 Å². The number of anilines is 2. The summed E-state index contributed by atoms with van der Waals surface area (Å²) >= 11 is 0. The Bertz CT molecular complexity index is 1570. The third kappa shape index (κ3) is 5.44. The van der Waals surface area contributed by atoms with Crippen LogP contribution in [0.15, 0.2) is 73.2 Å². The molecule has 1 unspecified atom stereocenters. The van der Waals surface area contributed by atoms with Crippen molar-refractivity contribution in [3.05, 3.63) is 112 Å². The summed E-state index contributed by atoms with van der Waals surface area (Å²) in [5.41, 5.74) is 18.2. The molecule has 1 atom stereocenters. The molecule has 204 valence electrons. The predicted molar refractivity (Wildman–Crippen MR) is 154 cm³/mol. The number of rotatable bonds is 8. The van der Waals surface area contributed by atoms with Gasteiger partial charge in [-0.05, 0) is 54.3 Å². The van der Waals surface area contributed by atoms with E-state index >= 15 is 0 Å². The van der Waals surface area contributed by atoms with Crippen LogP contribution >= 0.6 is 0 Å². The van der Waals surface area contributed by atoms with Gasteiger partial charge in [-0.3, -0.25) is 9.78 Å². The van der Waals surface area contributed by atoms with Crippen molar-refractivity contribution in [1.29, 1.82) is 0 Å². The topological polar surface area (TPSA) is 129 Å². The summed E-state index contributed by atoms with van der Waals surface area (Å²) in [5, 5.41) is 0. The van der Waals surface area contributed by atoms with Crippen LogP contribution in [-0.2, 0) is 12.8 Å². The van der Waals surface area contributed by atoms with Crippen LogP contribution in [0.4, 0.5) is 11.8 Å². The van der Waals surface area contributed by atoms with Crippen molar-refractivity contribution in [1.82, 2.24) is 19.9 Å². The maximum absolute atomic E-state index is 13.7. The number of ether oxygens (including phenoxy) is 2. The van der Waals surface area contributed by atoms with E-state index in [0.717, 1.165) is 24.2 Å². The number of carbonyl (C=O) groups is 1. The Kier molecular flexibility index (Phi) is 7.63. The van der Waals surface area contributed by atoms with E-state index in [4.69, 9.17) is 20.9 Å². The van der Waals surface area contributed by atoms with Gasteiger partial charge in [0.05, 0.1) is 31.5 Å². The zero-order valence-corrected chi connectivity index (χ0v) is 22.8. The van der Waals surface area contributed by atoms with Gasteiger partial charge >= 0.3 is 0 Å². The molecule has 0 saturated heterocycles. The molecule has 2 aromatic carbocycles. The zero-order valence-electron chi connectivity index (χ0n) is 22.8. The van der Waals surface area contributed by atoms with E-state index in [0.29, 0.717) is 29.0 Å². The first-order chi connectivity index (χ1) is 19.4. The van der Waals surface area contributed by atoms with Gasteiger partial charge in [0.15, 0.2) is 17.3 Å². The van der Waals surface area contributed by atoms with E-state index in [-0.39, 0.29) is 23.6 Å². The fourth-order valence-electron chi connectivity index (χ4n) is 5.13. The highest BCUT2D eigenvalue weighted by molar-refractivity contribution is 6.07. The lowest BCUT2D eigenvalue weighted by Gasteiger charge is -2.36. The minimum absolute atomic E-state index is 0.106. The number of carbonyl (C=O) groups excluding carboxylic acids is 1. The van der Waals surface area contributed by atoms with E-state index in [2.05, 4.69) is 45.0 Å². The highest BCUT2D eigenvalue weighted by Gasteiger charge is 2.28. The molecule has 0 radical (unpaired) electrons. The third-order valence-electron chi connectivity index (χ3n) is 7.07. The second kappa shape index (κ2) is 11.4. The molecule has 0 saturated carbocycles. The van der Waals surface area contributed by atoms with Crippen molar-refractivity contribution in [3.63, 3.8) is 0 Å². The summed E-state index contributed by atoms with van der Waals surface area (Å²) in [6.45, 7) is 2.84. The molecule has 1 aliphatic rings. The van der Waals surface area contributed by atoms with E-state index in [9.17, 15) is 4.79 Å². The number of fused-ring (bicyclic) bond motifs is 1. The first kappa shape index (κ1) is 26.7. The Morgan fingerprint density at radius 3 is 2.67 bits per heavy atom. The van der Waals surface area contributed by atoms with Gasteiger partial charge in [0.1, 0.15) is 5.82 Å². The zero-order chi connectivity index (χ0) is 28.2. The minimum Gasteiger partial charge on any atom is -0.493 e. The molecular weight excluding hydrogens is 504 g/mol. The molecule has 4 N–H and O–H groups in total. The second-order valence-corrected chi connectivity index (χ2v) is 9.72. The summed E-state index contributed by atoms with van der Waals surface area (Å²) in [6, 6.07) is 15.9. The first-order valence-electron chi connectivity index (χ1n) is 13.0. The quantitative estimate of drug-likeness (QED) is 0.250.